The normalized spacial score (nSPS) is 19.4. The molecule has 3 heterocycles. The van der Waals surface area contributed by atoms with E-state index in [1.54, 1.807) is 0 Å². The van der Waals surface area contributed by atoms with Crippen LogP contribution in [-0.2, 0) is 9.53 Å². The predicted molar refractivity (Wildman–Crippen MR) is 121 cm³/mol. The van der Waals surface area contributed by atoms with Gasteiger partial charge in [0.2, 0.25) is 5.91 Å². The van der Waals surface area contributed by atoms with Crippen molar-refractivity contribution in [2.24, 2.45) is 0 Å². The van der Waals surface area contributed by atoms with E-state index < -0.39 is 0 Å². The zero-order chi connectivity index (χ0) is 21.1. The second kappa shape index (κ2) is 9.29. The van der Waals surface area contributed by atoms with Gasteiger partial charge in [-0.25, -0.2) is 4.98 Å². The number of rotatable bonds is 5. The van der Waals surface area contributed by atoms with Crippen molar-refractivity contribution in [1.29, 1.82) is 0 Å². The molecule has 2 fully saturated rings. The maximum Gasteiger partial charge on any atom is 0.250 e. The van der Waals surface area contributed by atoms with E-state index in [9.17, 15) is 4.79 Å². The van der Waals surface area contributed by atoms with E-state index in [2.05, 4.69) is 47.1 Å². The largest absolute Gasteiger partial charge is 0.368 e. The lowest BCUT2D eigenvalue weighted by molar-refractivity contribution is -0.123. The van der Waals surface area contributed by atoms with Crippen molar-refractivity contribution in [3.8, 4) is 0 Å². The molecule has 1 amide bonds. The van der Waals surface area contributed by atoms with Gasteiger partial charge < -0.3 is 24.8 Å². The maximum absolute atomic E-state index is 12.4. The molecule has 1 aromatic heterocycles. The van der Waals surface area contributed by atoms with Crippen molar-refractivity contribution >= 4 is 28.3 Å². The van der Waals surface area contributed by atoms with Crippen LogP contribution in [0.25, 0.3) is 10.9 Å². The Hall–Kier alpha value is -2.22. The number of amides is 1. The Morgan fingerprint density at radius 1 is 1.07 bits per heavy atom. The van der Waals surface area contributed by atoms with Gasteiger partial charge in [0.1, 0.15) is 12.4 Å². The molecule has 0 unspecified atom stereocenters. The number of aromatic nitrogens is 1. The number of fused-ring (bicyclic) bond motifs is 1. The minimum atomic E-state index is -0.104. The number of piperazine rings is 1. The number of carbonyl (C=O) groups is 1. The first-order chi connectivity index (χ1) is 14.5. The van der Waals surface area contributed by atoms with Crippen molar-refractivity contribution in [3.63, 3.8) is 0 Å². The van der Waals surface area contributed by atoms with Crippen molar-refractivity contribution in [2.45, 2.75) is 25.9 Å². The Morgan fingerprint density at radius 2 is 1.77 bits per heavy atom. The maximum atomic E-state index is 12.4. The summed E-state index contributed by atoms with van der Waals surface area (Å²) in [6, 6.07) is 8.09. The summed E-state index contributed by atoms with van der Waals surface area (Å²) in [4.78, 5) is 24.2. The summed E-state index contributed by atoms with van der Waals surface area (Å²) < 4.78 is 5.81. The number of aryl methyl sites for hydroxylation is 1. The fourth-order valence-electron chi connectivity index (χ4n) is 4.19. The molecular weight excluding hydrogens is 378 g/mol. The topological polar surface area (TPSA) is 60.9 Å². The minimum Gasteiger partial charge on any atom is -0.368 e. The smallest absolute Gasteiger partial charge is 0.250 e. The van der Waals surface area contributed by atoms with Gasteiger partial charge in [-0.2, -0.15) is 0 Å². The average molecular weight is 412 g/mol. The van der Waals surface area contributed by atoms with E-state index in [0.717, 1.165) is 74.5 Å². The molecule has 4 rings (SSSR count). The predicted octanol–water partition coefficient (Wildman–Crippen LogP) is 2.34. The summed E-state index contributed by atoms with van der Waals surface area (Å²) in [5, 5.41) is 4.05. The molecule has 30 heavy (non-hydrogen) atoms. The van der Waals surface area contributed by atoms with Crippen LogP contribution >= 0.6 is 0 Å². The lowest BCUT2D eigenvalue weighted by Crippen LogP contribution is -2.44. The number of anilines is 2. The summed E-state index contributed by atoms with van der Waals surface area (Å²) in [6.45, 7) is 8.38. The number of pyridine rings is 1. The number of hydrogen-bond donors (Lipinski definition) is 1. The number of ether oxygens (including phenoxy) is 1. The van der Waals surface area contributed by atoms with Gasteiger partial charge >= 0.3 is 0 Å². The lowest BCUT2D eigenvalue weighted by Gasteiger charge is -2.33. The third kappa shape index (κ3) is 5.09. The lowest BCUT2D eigenvalue weighted by atomic mass is 10.1. The number of benzene rings is 1. The molecular formula is C23H33N5O2. The number of likely N-dealkylation sites (N-methyl/N-ethyl adjacent to an activating group) is 1. The molecule has 0 radical (unpaired) electrons. The van der Waals surface area contributed by atoms with Crippen LogP contribution in [0.15, 0.2) is 24.3 Å². The molecule has 7 heteroatoms. The number of hydrogen-bond acceptors (Lipinski definition) is 6. The summed E-state index contributed by atoms with van der Waals surface area (Å²) >= 11 is 0. The second-order valence-corrected chi connectivity index (χ2v) is 8.68. The number of nitrogens with one attached hydrogen (secondary N) is 1. The standard InChI is InChI=1S/C23H33N5O2/c1-17-14-22(28-12-10-27(3)11-13-28)25-21-5-4-18(15-20(17)21)24-23(29)16-30-19-6-8-26(2)9-7-19/h4-5,14-15,19H,6-13,16H2,1-3H3,(H,24,29). The zero-order valence-corrected chi connectivity index (χ0v) is 18.4. The van der Waals surface area contributed by atoms with Crippen molar-refractivity contribution in [3.05, 3.63) is 29.8 Å². The van der Waals surface area contributed by atoms with Crippen LogP contribution in [0.5, 0.6) is 0 Å². The summed E-state index contributed by atoms with van der Waals surface area (Å²) in [7, 11) is 4.28. The third-order valence-corrected chi connectivity index (χ3v) is 6.23. The van der Waals surface area contributed by atoms with Crippen molar-refractivity contribution in [2.75, 3.05) is 70.2 Å². The van der Waals surface area contributed by atoms with Crippen LogP contribution in [0.2, 0.25) is 0 Å². The van der Waals surface area contributed by atoms with Crippen molar-refractivity contribution in [1.82, 2.24) is 14.8 Å². The van der Waals surface area contributed by atoms with E-state index in [1.165, 1.54) is 5.56 Å². The highest BCUT2D eigenvalue weighted by Gasteiger charge is 2.19. The molecule has 0 bridgehead atoms. The van der Waals surface area contributed by atoms with Gasteiger partial charge in [-0.15, -0.1) is 0 Å². The zero-order valence-electron chi connectivity index (χ0n) is 18.4. The van der Waals surface area contributed by atoms with Crippen LogP contribution in [0.3, 0.4) is 0 Å². The number of likely N-dealkylation sites (tertiary alicyclic amines) is 1. The SMILES string of the molecule is Cc1cc(N2CCN(C)CC2)nc2ccc(NC(=O)COC3CCN(C)CC3)cc12. The molecule has 2 aromatic rings. The molecule has 1 aromatic carbocycles. The summed E-state index contributed by atoms with van der Waals surface area (Å²) in [5.74, 6) is 0.935. The third-order valence-electron chi connectivity index (χ3n) is 6.23. The molecule has 2 aliphatic heterocycles. The molecule has 2 saturated heterocycles. The number of nitrogens with zero attached hydrogens (tertiary/aromatic N) is 4. The molecule has 0 atom stereocenters. The first-order valence-electron chi connectivity index (χ1n) is 10.9. The van der Waals surface area contributed by atoms with Gasteiger partial charge in [0.05, 0.1) is 11.6 Å². The Labute approximate surface area is 179 Å². The molecule has 7 nitrogen and oxygen atoms in total. The van der Waals surface area contributed by atoms with Crippen LogP contribution < -0.4 is 10.2 Å². The van der Waals surface area contributed by atoms with E-state index >= 15 is 0 Å². The van der Waals surface area contributed by atoms with Gasteiger partial charge in [0.25, 0.3) is 0 Å². The van der Waals surface area contributed by atoms with Crippen LogP contribution in [0.1, 0.15) is 18.4 Å². The monoisotopic (exact) mass is 411 g/mol. The average Bonchev–Trinajstić information content (AvgIpc) is 2.74. The molecule has 0 saturated carbocycles. The highest BCUT2D eigenvalue weighted by Crippen LogP contribution is 2.26. The molecule has 0 spiro atoms. The molecule has 162 valence electrons. The Bertz CT molecular complexity index is 887. The van der Waals surface area contributed by atoms with E-state index in [4.69, 9.17) is 9.72 Å². The first-order valence-corrected chi connectivity index (χ1v) is 10.9. The Kier molecular flexibility index (Phi) is 6.51. The van der Waals surface area contributed by atoms with E-state index in [1.807, 2.05) is 18.2 Å². The minimum absolute atomic E-state index is 0.103. The van der Waals surface area contributed by atoms with E-state index in [0.29, 0.717) is 0 Å². The van der Waals surface area contributed by atoms with Gasteiger partial charge in [0, 0.05) is 50.3 Å². The summed E-state index contributed by atoms with van der Waals surface area (Å²) in [5.41, 5.74) is 2.92. The fraction of sp³-hybridized carbons (Fsp3) is 0.565. The highest BCUT2D eigenvalue weighted by molar-refractivity contribution is 5.95. The van der Waals surface area contributed by atoms with Crippen LogP contribution in [-0.4, -0.2) is 86.8 Å². The van der Waals surface area contributed by atoms with Crippen LogP contribution in [0.4, 0.5) is 11.5 Å². The molecule has 2 aliphatic rings. The summed E-state index contributed by atoms with van der Waals surface area (Å²) in [6.07, 6.45) is 2.16. The first kappa shape index (κ1) is 21.0. The van der Waals surface area contributed by atoms with Crippen molar-refractivity contribution < 1.29 is 9.53 Å². The van der Waals surface area contributed by atoms with Gasteiger partial charge in [-0.1, -0.05) is 0 Å². The second-order valence-electron chi connectivity index (χ2n) is 8.68. The van der Waals surface area contributed by atoms with E-state index in [-0.39, 0.29) is 18.6 Å². The van der Waals surface area contributed by atoms with Gasteiger partial charge in [-0.3, -0.25) is 4.79 Å². The van der Waals surface area contributed by atoms with Gasteiger partial charge in [-0.05, 0) is 63.7 Å². The number of piperidine rings is 1. The quantitative estimate of drug-likeness (QED) is 0.815. The molecule has 0 aliphatic carbocycles. The Morgan fingerprint density at radius 3 is 2.50 bits per heavy atom. The Balaban J connectivity index is 1.38. The fourth-order valence-corrected chi connectivity index (χ4v) is 4.19. The van der Waals surface area contributed by atoms with Gasteiger partial charge in [0.15, 0.2) is 0 Å². The van der Waals surface area contributed by atoms with Crippen LogP contribution in [0, 0.1) is 6.92 Å². The molecule has 1 N–H and O–H groups in total. The number of carbonyl (C=O) groups excluding carboxylic acids is 1. The highest BCUT2D eigenvalue weighted by atomic mass is 16.5.